The van der Waals surface area contributed by atoms with E-state index in [4.69, 9.17) is 10.5 Å². The first kappa shape index (κ1) is 23.0. The van der Waals surface area contributed by atoms with Crippen molar-refractivity contribution < 1.29 is 14.3 Å². The van der Waals surface area contributed by atoms with Gasteiger partial charge in [0.25, 0.3) is 0 Å². The Kier molecular flexibility index (Phi) is 8.32. The predicted molar refractivity (Wildman–Crippen MR) is 116 cm³/mol. The second-order valence-corrected chi connectivity index (χ2v) is 8.80. The van der Waals surface area contributed by atoms with Gasteiger partial charge in [-0.3, -0.25) is 4.79 Å². The second-order valence-electron chi connectivity index (χ2n) is 8.80. The monoisotopic (exact) mass is 404 g/mol. The molecular formula is C22H36N4O3. The zero-order chi connectivity index (χ0) is 21.3. The number of benzene rings is 1. The standard InChI is InChI=1S/C22H36N4O3/c1-21(2,3)29-20(28)26-13-7-12-25-19-10-6-9-17(14-19)22(23)15-18(22)8-4-5-11-24-16-27/h6,9-10,14,16,18,25H,4-5,7-8,11-13,15,23H2,1-3H3,(H,24,27)(H,26,28)/t18-,22+/m1/s1. The van der Waals surface area contributed by atoms with Crippen molar-refractivity contribution in [3.05, 3.63) is 29.8 Å². The van der Waals surface area contributed by atoms with E-state index < -0.39 is 5.60 Å². The summed E-state index contributed by atoms with van der Waals surface area (Å²) in [6.45, 7) is 7.59. The van der Waals surface area contributed by atoms with Gasteiger partial charge in [0, 0.05) is 30.9 Å². The molecule has 1 saturated carbocycles. The van der Waals surface area contributed by atoms with Gasteiger partial charge in [0.05, 0.1) is 0 Å². The number of ether oxygens (including phenoxy) is 1. The third-order valence-corrected chi connectivity index (χ3v) is 5.11. The maximum Gasteiger partial charge on any atom is 0.407 e. The van der Waals surface area contributed by atoms with Crippen LogP contribution in [-0.4, -0.2) is 37.7 Å². The Morgan fingerprint density at radius 1 is 1.24 bits per heavy atom. The van der Waals surface area contributed by atoms with Gasteiger partial charge in [0.2, 0.25) is 6.41 Å². The summed E-state index contributed by atoms with van der Waals surface area (Å²) < 4.78 is 5.22. The number of anilines is 1. The molecule has 1 aliphatic rings. The zero-order valence-corrected chi connectivity index (χ0v) is 17.9. The van der Waals surface area contributed by atoms with Crippen molar-refractivity contribution in [2.24, 2.45) is 11.7 Å². The number of carbonyl (C=O) groups is 2. The first-order valence-electron chi connectivity index (χ1n) is 10.5. The van der Waals surface area contributed by atoms with Gasteiger partial charge >= 0.3 is 6.09 Å². The van der Waals surface area contributed by atoms with E-state index in [1.54, 1.807) is 0 Å². The highest BCUT2D eigenvalue weighted by atomic mass is 16.6. The third kappa shape index (κ3) is 7.93. The Morgan fingerprint density at radius 2 is 2.03 bits per heavy atom. The van der Waals surface area contributed by atoms with Crippen LogP contribution in [0.3, 0.4) is 0 Å². The van der Waals surface area contributed by atoms with Gasteiger partial charge in [-0.2, -0.15) is 0 Å². The SMILES string of the molecule is CC(C)(C)OC(=O)NCCCNc1cccc([C@@]2(N)C[C@H]2CCCCNC=O)c1. The Bertz CT molecular complexity index is 674. The van der Waals surface area contributed by atoms with Crippen LogP contribution >= 0.6 is 0 Å². The lowest BCUT2D eigenvalue weighted by atomic mass is 10.00. The Balaban J connectivity index is 1.69. The first-order chi connectivity index (χ1) is 13.7. The average Bonchev–Trinajstić information content (AvgIpc) is 3.31. The Hall–Kier alpha value is -2.28. The van der Waals surface area contributed by atoms with Gasteiger partial charge in [-0.1, -0.05) is 18.6 Å². The first-order valence-corrected chi connectivity index (χ1v) is 10.5. The fraction of sp³-hybridized carbons (Fsp3) is 0.636. The zero-order valence-electron chi connectivity index (χ0n) is 17.9. The smallest absolute Gasteiger partial charge is 0.407 e. The molecule has 7 heteroatoms. The Labute approximate surface area is 174 Å². The summed E-state index contributed by atoms with van der Waals surface area (Å²) in [6, 6.07) is 8.31. The van der Waals surface area contributed by atoms with E-state index in [0.717, 1.165) is 57.3 Å². The van der Waals surface area contributed by atoms with E-state index in [0.29, 0.717) is 12.5 Å². The molecule has 0 saturated heterocycles. The van der Waals surface area contributed by atoms with Crippen LogP contribution < -0.4 is 21.7 Å². The van der Waals surface area contributed by atoms with Crippen LogP contribution in [0.25, 0.3) is 0 Å². The van der Waals surface area contributed by atoms with Gasteiger partial charge in [-0.25, -0.2) is 4.79 Å². The molecule has 1 aliphatic carbocycles. The number of nitrogens with two attached hydrogens (primary N) is 1. The highest BCUT2D eigenvalue weighted by Gasteiger charge is 2.51. The maximum atomic E-state index is 11.6. The van der Waals surface area contributed by atoms with Crippen molar-refractivity contribution in [3.63, 3.8) is 0 Å². The average molecular weight is 405 g/mol. The molecule has 2 amide bonds. The molecular weight excluding hydrogens is 368 g/mol. The molecule has 1 aromatic carbocycles. The molecule has 0 radical (unpaired) electrons. The van der Waals surface area contributed by atoms with E-state index in [9.17, 15) is 9.59 Å². The lowest BCUT2D eigenvalue weighted by Gasteiger charge is -2.19. The molecule has 1 aromatic rings. The van der Waals surface area contributed by atoms with Crippen LogP contribution in [0.1, 0.15) is 58.4 Å². The number of hydrogen-bond acceptors (Lipinski definition) is 5. The van der Waals surface area contributed by atoms with E-state index in [1.165, 1.54) is 5.56 Å². The number of unbranched alkanes of at least 4 members (excludes halogenated alkanes) is 1. The molecule has 0 heterocycles. The maximum absolute atomic E-state index is 11.6. The summed E-state index contributed by atoms with van der Waals surface area (Å²) in [5.74, 6) is 0.506. The third-order valence-electron chi connectivity index (χ3n) is 5.11. The van der Waals surface area contributed by atoms with Crippen molar-refractivity contribution in [2.45, 2.75) is 64.0 Å². The van der Waals surface area contributed by atoms with Crippen LogP contribution in [-0.2, 0) is 15.1 Å². The van der Waals surface area contributed by atoms with Gasteiger partial charge in [-0.15, -0.1) is 0 Å². The van der Waals surface area contributed by atoms with Crippen LogP contribution in [0.2, 0.25) is 0 Å². The number of amides is 2. The normalized spacial score (nSPS) is 20.6. The van der Waals surface area contributed by atoms with E-state index in [1.807, 2.05) is 32.9 Å². The predicted octanol–water partition coefficient (Wildman–Crippen LogP) is 3.10. The van der Waals surface area contributed by atoms with Gasteiger partial charge in [0.1, 0.15) is 5.60 Å². The van der Waals surface area contributed by atoms with Gasteiger partial charge < -0.3 is 26.4 Å². The molecule has 2 rings (SSSR count). The number of rotatable bonds is 12. The van der Waals surface area contributed by atoms with Crippen molar-refractivity contribution in [3.8, 4) is 0 Å². The summed E-state index contributed by atoms with van der Waals surface area (Å²) in [5, 5.41) is 8.86. The molecule has 0 bridgehead atoms. The molecule has 2 atom stereocenters. The van der Waals surface area contributed by atoms with Crippen LogP contribution in [0, 0.1) is 5.92 Å². The summed E-state index contributed by atoms with van der Waals surface area (Å²) in [6.07, 6.45) is 5.33. The number of hydrogen-bond donors (Lipinski definition) is 4. The molecule has 7 nitrogen and oxygen atoms in total. The Morgan fingerprint density at radius 3 is 2.76 bits per heavy atom. The minimum absolute atomic E-state index is 0.228. The van der Waals surface area contributed by atoms with Crippen LogP contribution in [0.5, 0.6) is 0 Å². The molecule has 1 fully saturated rings. The molecule has 0 aliphatic heterocycles. The number of alkyl carbamates (subject to hydrolysis) is 1. The van der Waals surface area contributed by atoms with Crippen molar-refractivity contribution in [2.75, 3.05) is 25.0 Å². The summed E-state index contributed by atoms with van der Waals surface area (Å²) in [4.78, 5) is 21.9. The highest BCUT2D eigenvalue weighted by Crippen LogP contribution is 2.52. The van der Waals surface area contributed by atoms with Gasteiger partial charge in [-0.05, 0) is 70.1 Å². The fourth-order valence-electron chi connectivity index (χ4n) is 3.48. The summed E-state index contributed by atoms with van der Waals surface area (Å²) >= 11 is 0. The van der Waals surface area contributed by atoms with Crippen molar-refractivity contribution in [1.29, 1.82) is 0 Å². The summed E-state index contributed by atoms with van der Waals surface area (Å²) in [7, 11) is 0. The number of nitrogens with one attached hydrogen (secondary N) is 3. The van der Waals surface area contributed by atoms with E-state index >= 15 is 0 Å². The van der Waals surface area contributed by atoms with Crippen LogP contribution in [0.4, 0.5) is 10.5 Å². The fourth-order valence-corrected chi connectivity index (χ4v) is 3.48. The van der Waals surface area contributed by atoms with Crippen molar-refractivity contribution >= 4 is 18.2 Å². The minimum Gasteiger partial charge on any atom is -0.444 e. The van der Waals surface area contributed by atoms with Crippen LogP contribution in [0.15, 0.2) is 24.3 Å². The second kappa shape index (κ2) is 10.5. The van der Waals surface area contributed by atoms with E-state index in [2.05, 4.69) is 28.1 Å². The minimum atomic E-state index is -0.478. The van der Waals surface area contributed by atoms with E-state index in [-0.39, 0.29) is 11.6 Å². The lowest BCUT2D eigenvalue weighted by Crippen LogP contribution is -2.33. The van der Waals surface area contributed by atoms with Crippen molar-refractivity contribution in [1.82, 2.24) is 10.6 Å². The largest absolute Gasteiger partial charge is 0.444 e. The quantitative estimate of drug-likeness (QED) is 0.316. The molecule has 0 aromatic heterocycles. The summed E-state index contributed by atoms with van der Waals surface area (Å²) in [5.41, 5.74) is 8.13. The lowest BCUT2D eigenvalue weighted by molar-refractivity contribution is -0.109. The highest BCUT2D eigenvalue weighted by molar-refractivity contribution is 5.67. The molecule has 162 valence electrons. The topological polar surface area (TPSA) is 105 Å². The molecule has 0 unspecified atom stereocenters. The number of carbonyl (C=O) groups excluding carboxylic acids is 2. The van der Waals surface area contributed by atoms with Gasteiger partial charge in [0.15, 0.2) is 0 Å². The molecule has 0 spiro atoms. The molecule has 5 N–H and O–H groups in total. The molecule has 29 heavy (non-hydrogen) atoms.